The molecule has 0 saturated carbocycles. The minimum atomic E-state index is -3.61. The molecule has 0 aliphatic heterocycles. The summed E-state index contributed by atoms with van der Waals surface area (Å²) >= 11 is 0. The zero-order valence-electron chi connectivity index (χ0n) is 14.2. The summed E-state index contributed by atoms with van der Waals surface area (Å²) in [5.74, 6) is 0. The molecule has 0 aliphatic carbocycles. The Hall–Kier alpha value is -2.75. The average Bonchev–Trinajstić information content (AvgIpc) is 2.97. The number of allylic oxidation sites excluding steroid dienone is 3. The Kier molecular flexibility index (Phi) is 6.09. The smallest absolute Gasteiger partial charge is 0.257 e. The molecule has 26 heavy (non-hydrogen) atoms. The largest absolute Gasteiger partial charge is 0.273 e. The van der Waals surface area contributed by atoms with Crippen molar-refractivity contribution in [2.45, 2.75) is 25.1 Å². The number of nitrogens with zero attached hydrogens (tertiary/aromatic N) is 5. The normalized spacial score (nSPS) is 12.9. The summed E-state index contributed by atoms with van der Waals surface area (Å²) in [6.45, 7) is 4.47. The van der Waals surface area contributed by atoms with Crippen molar-refractivity contribution in [2.75, 3.05) is 6.26 Å². The zero-order chi connectivity index (χ0) is 19.3. The van der Waals surface area contributed by atoms with Gasteiger partial charge >= 0.3 is 0 Å². The van der Waals surface area contributed by atoms with E-state index in [0.717, 1.165) is 10.9 Å². The quantitative estimate of drug-likeness (QED) is 0.418. The molecule has 0 N–H and O–H groups in total. The molecule has 0 bridgehead atoms. The lowest BCUT2D eigenvalue weighted by Gasteiger charge is -2.03. The summed E-state index contributed by atoms with van der Waals surface area (Å²) in [5, 5.41) is 3.83. The maximum Gasteiger partial charge on any atom is 0.257 e. The topological polar surface area (TPSA) is 90.1 Å². The molecule has 0 atom stereocenters. The van der Waals surface area contributed by atoms with Gasteiger partial charge in [-0.3, -0.25) is 9.67 Å². The van der Waals surface area contributed by atoms with Crippen molar-refractivity contribution < 1.29 is 17.2 Å². The molecular formula is C16H17F2N5O2S. The third-order valence-electron chi connectivity index (χ3n) is 3.24. The van der Waals surface area contributed by atoms with Crippen molar-refractivity contribution in [3.63, 3.8) is 0 Å². The van der Waals surface area contributed by atoms with Crippen LogP contribution >= 0.6 is 0 Å². The number of alkyl halides is 2. The van der Waals surface area contributed by atoms with Gasteiger partial charge in [-0.2, -0.15) is 5.10 Å². The van der Waals surface area contributed by atoms with E-state index in [-0.39, 0.29) is 10.9 Å². The number of hydrogen-bond acceptors (Lipinski definition) is 6. The standard InChI is InChI=1S/C16H17F2N5O2S/c1-11(5-4-7-19-2)15-12(9-23(22-15)10-14(17)18)13-6-8-20-16(21-13)26(3,24)25/h4-9,14H,2,10H2,1,3H3/b7-4-,11-5+. The Morgan fingerprint density at radius 3 is 2.81 bits per heavy atom. The number of rotatable bonds is 7. The summed E-state index contributed by atoms with van der Waals surface area (Å²) in [6, 6.07) is 1.50. The number of hydrogen-bond donors (Lipinski definition) is 0. The second-order valence-corrected chi connectivity index (χ2v) is 7.28. The molecule has 10 heteroatoms. The van der Waals surface area contributed by atoms with Gasteiger partial charge in [-0.1, -0.05) is 6.08 Å². The average molecular weight is 381 g/mol. The lowest BCUT2D eigenvalue weighted by molar-refractivity contribution is 0.122. The van der Waals surface area contributed by atoms with Gasteiger partial charge in [0.05, 0.1) is 11.4 Å². The van der Waals surface area contributed by atoms with Crippen LogP contribution in [0, 0.1) is 0 Å². The van der Waals surface area contributed by atoms with Crippen LogP contribution in [0.15, 0.2) is 47.0 Å². The van der Waals surface area contributed by atoms with Gasteiger partial charge in [0.2, 0.25) is 15.0 Å². The predicted molar refractivity (Wildman–Crippen MR) is 94.7 cm³/mol. The fourth-order valence-corrected chi connectivity index (χ4v) is 2.65. The van der Waals surface area contributed by atoms with Crippen LogP contribution in [0.4, 0.5) is 8.78 Å². The summed E-state index contributed by atoms with van der Waals surface area (Å²) < 4.78 is 49.9. The summed E-state index contributed by atoms with van der Waals surface area (Å²) in [5.41, 5.74) is 1.76. The zero-order valence-corrected chi connectivity index (χ0v) is 15.0. The Labute approximate surface area is 149 Å². The monoisotopic (exact) mass is 381 g/mol. The van der Waals surface area contributed by atoms with E-state index in [0.29, 0.717) is 16.8 Å². The van der Waals surface area contributed by atoms with E-state index in [1.807, 2.05) is 0 Å². The van der Waals surface area contributed by atoms with E-state index < -0.39 is 22.8 Å². The lowest BCUT2D eigenvalue weighted by Crippen LogP contribution is -2.07. The van der Waals surface area contributed by atoms with Crippen LogP contribution in [0.5, 0.6) is 0 Å². The van der Waals surface area contributed by atoms with Crippen molar-refractivity contribution in [3.05, 3.63) is 42.5 Å². The van der Waals surface area contributed by atoms with Crippen LogP contribution in [0.25, 0.3) is 16.8 Å². The molecule has 2 heterocycles. The fourth-order valence-electron chi connectivity index (χ4n) is 2.13. The van der Waals surface area contributed by atoms with E-state index in [2.05, 4.69) is 26.8 Å². The molecule has 0 unspecified atom stereocenters. The molecule has 2 aromatic heterocycles. The molecule has 2 rings (SSSR count). The highest BCUT2D eigenvalue weighted by Crippen LogP contribution is 2.27. The van der Waals surface area contributed by atoms with Gasteiger partial charge < -0.3 is 0 Å². The number of sulfone groups is 1. The predicted octanol–water partition coefficient (Wildman–Crippen LogP) is 2.63. The Morgan fingerprint density at radius 1 is 1.46 bits per heavy atom. The molecule has 0 fully saturated rings. The van der Waals surface area contributed by atoms with Crippen molar-refractivity contribution in [3.8, 4) is 11.3 Å². The Balaban J connectivity index is 2.59. The van der Waals surface area contributed by atoms with Crippen LogP contribution < -0.4 is 0 Å². The third kappa shape index (κ3) is 4.88. The highest BCUT2D eigenvalue weighted by molar-refractivity contribution is 7.90. The van der Waals surface area contributed by atoms with Gasteiger partial charge in [-0.15, -0.1) is 0 Å². The lowest BCUT2D eigenvalue weighted by atomic mass is 10.1. The van der Waals surface area contributed by atoms with Gasteiger partial charge in [0, 0.05) is 30.4 Å². The molecule has 138 valence electrons. The second-order valence-electron chi connectivity index (χ2n) is 5.37. The molecular weight excluding hydrogens is 364 g/mol. The van der Waals surface area contributed by atoms with E-state index in [1.54, 1.807) is 19.1 Å². The van der Waals surface area contributed by atoms with Crippen LogP contribution in [0.1, 0.15) is 12.6 Å². The molecule has 0 aliphatic rings. The minimum Gasteiger partial charge on any atom is -0.273 e. The first-order valence-corrected chi connectivity index (χ1v) is 9.30. The van der Waals surface area contributed by atoms with Crippen LogP contribution in [0.3, 0.4) is 0 Å². The van der Waals surface area contributed by atoms with Crippen molar-refractivity contribution in [2.24, 2.45) is 4.99 Å². The van der Waals surface area contributed by atoms with Gasteiger partial charge in [-0.25, -0.2) is 27.2 Å². The van der Waals surface area contributed by atoms with E-state index in [1.165, 1.54) is 24.7 Å². The Morgan fingerprint density at radius 2 is 2.19 bits per heavy atom. The van der Waals surface area contributed by atoms with E-state index >= 15 is 0 Å². The van der Waals surface area contributed by atoms with Gasteiger partial charge in [0.1, 0.15) is 6.54 Å². The summed E-state index contributed by atoms with van der Waals surface area (Å²) in [4.78, 5) is 11.3. The maximum atomic E-state index is 12.7. The third-order valence-corrected chi connectivity index (χ3v) is 4.10. The molecule has 2 aromatic rings. The number of halogens is 2. The van der Waals surface area contributed by atoms with E-state index in [9.17, 15) is 17.2 Å². The fraction of sp³-hybridized carbons (Fsp3) is 0.250. The SMILES string of the molecule is C=N/C=C\C=C(/C)c1nn(CC(F)F)cc1-c1ccnc(S(C)(=O)=O)n1. The molecule has 0 radical (unpaired) electrons. The van der Waals surface area contributed by atoms with Crippen molar-refractivity contribution in [1.82, 2.24) is 19.7 Å². The van der Waals surface area contributed by atoms with Gasteiger partial charge in [0.25, 0.3) is 6.43 Å². The van der Waals surface area contributed by atoms with Gasteiger partial charge in [-0.05, 0) is 31.4 Å². The number of aromatic nitrogens is 4. The maximum absolute atomic E-state index is 12.7. The van der Waals surface area contributed by atoms with Crippen LogP contribution in [0.2, 0.25) is 0 Å². The highest BCUT2D eigenvalue weighted by Gasteiger charge is 2.18. The van der Waals surface area contributed by atoms with Crippen LogP contribution in [-0.4, -0.2) is 47.6 Å². The highest BCUT2D eigenvalue weighted by atomic mass is 32.2. The molecule has 0 saturated heterocycles. The summed E-state index contributed by atoms with van der Waals surface area (Å²) in [7, 11) is -3.61. The molecule has 0 spiro atoms. The first kappa shape index (κ1) is 19.6. The number of aliphatic imine (C=N–C) groups is 1. The molecule has 7 nitrogen and oxygen atoms in total. The summed E-state index contributed by atoms with van der Waals surface area (Å²) in [6.07, 6.45) is 5.89. The van der Waals surface area contributed by atoms with Crippen molar-refractivity contribution >= 4 is 22.1 Å². The first-order valence-electron chi connectivity index (χ1n) is 7.41. The first-order chi connectivity index (χ1) is 12.2. The van der Waals surface area contributed by atoms with E-state index in [4.69, 9.17) is 0 Å². The Bertz CT molecular complexity index is 965. The minimum absolute atomic E-state index is 0.273. The molecule has 0 amide bonds. The van der Waals surface area contributed by atoms with Crippen LogP contribution in [-0.2, 0) is 16.4 Å². The second kappa shape index (κ2) is 8.09. The molecule has 0 aromatic carbocycles. The van der Waals surface area contributed by atoms with Gasteiger partial charge in [0.15, 0.2) is 0 Å². The van der Waals surface area contributed by atoms with Crippen molar-refractivity contribution in [1.29, 1.82) is 0 Å².